The van der Waals surface area contributed by atoms with Crippen molar-refractivity contribution < 1.29 is 9.90 Å². The number of aromatic nitrogens is 1. The van der Waals surface area contributed by atoms with Gasteiger partial charge in [-0.3, -0.25) is 14.6 Å². The number of hydrogen-bond donors (Lipinski definition) is 2. The molecule has 1 aliphatic rings. The molecule has 1 saturated heterocycles. The van der Waals surface area contributed by atoms with Gasteiger partial charge in [-0.2, -0.15) is 0 Å². The number of fused-ring (bicyclic) bond motifs is 1. The molecule has 1 atom stereocenters. The Morgan fingerprint density at radius 2 is 1.90 bits per heavy atom. The zero-order valence-electron chi connectivity index (χ0n) is 16.1. The lowest BCUT2D eigenvalue weighted by Gasteiger charge is -2.37. The summed E-state index contributed by atoms with van der Waals surface area (Å²) in [6, 6.07) is 15.5. The van der Waals surface area contributed by atoms with E-state index < -0.39 is 12.0 Å². The molecule has 0 radical (unpaired) electrons. The quantitative estimate of drug-likeness (QED) is 0.580. The summed E-state index contributed by atoms with van der Waals surface area (Å²) in [6.45, 7) is 4.05. The standard InChI is InChI=1S/C23H24BrN3O2/c24-18-8-9-21-19(15-18)20(16-25-21)22(23(28)29)27-13-11-26(12-14-27)10-4-7-17-5-2-1-3-6-17/h1-9,15-16,22,25H,10-14H2,(H,28,29). The molecular formula is C23H24BrN3O2. The van der Waals surface area contributed by atoms with Crippen molar-refractivity contribution in [2.75, 3.05) is 32.7 Å². The largest absolute Gasteiger partial charge is 0.480 e. The van der Waals surface area contributed by atoms with E-state index in [2.05, 4.69) is 55.0 Å². The minimum atomic E-state index is -0.803. The van der Waals surface area contributed by atoms with Gasteiger partial charge < -0.3 is 10.1 Å². The fourth-order valence-electron chi connectivity index (χ4n) is 3.93. The molecule has 1 aliphatic heterocycles. The molecule has 6 heteroatoms. The monoisotopic (exact) mass is 453 g/mol. The third-order valence-electron chi connectivity index (χ3n) is 5.45. The number of benzene rings is 2. The van der Waals surface area contributed by atoms with Crippen molar-refractivity contribution >= 4 is 38.9 Å². The number of halogens is 1. The summed E-state index contributed by atoms with van der Waals surface area (Å²) < 4.78 is 0.949. The fourth-order valence-corrected chi connectivity index (χ4v) is 4.29. The summed E-state index contributed by atoms with van der Waals surface area (Å²) in [6.07, 6.45) is 6.15. The Bertz CT molecular complexity index is 1010. The summed E-state index contributed by atoms with van der Waals surface area (Å²) in [4.78, 5) is 19.8. The van der Waals surface area contributed by atoms with Crippen LogP contribution in [0.5, 0.6) is 0 Å². The number of aliphatic carboxylic acids is 1. The average molecular weight is 454 g/mol. The lowest BCUT2D eigenvalue weighted by molar-refractivity contribution is -0.144. The van der Waals surface area contributed by atoms with Crippen LogP contribution in [0.1, 0.15) is 17.2 Å². The molecule has 0 spiro atoms. The van der Waals surface area contributed by atoms with Crippen LogP contribution in [0.3, 0.4) is 0 Å². The number of carboxylic acids is 1. The molecule has 0 saturated carbocycles. The number of H-pyrrole nitrogens is 1. The Hall–Kier alpha value is -2.41. The van der Waals surface area contributed by atoms with E-state index in [1.165, 1.54) is 5.56 Å². The van der Waals surface area contributed by atoms with Crippen LogP contribution in [0.25, 0.3) is 17.0 Å². The summed E-state index contributed by atoms with van der Waals surface area (Å²) in [5.41, 5.74) is 2.98. The lowest BCUT2D eigenvalue weighted by Crippen LogP contribution is -2.49. The number of piperazine rings is 1. The van der Waals surface area contributed by atoms with E-state index in [1.807, 2.05) is 42.6 Å². The molecule has 150 valence electrons. The molecule has 5 nitrogen and oxygen atoms in total. The Kier molecular flexibility index (Phi) is 6.13. The SMILES string of the molecule is O=C(O)C(c1c[nH]c2ccc(Br)cc12)N1CCN(CC=Cc2ccccc2)CC1. The molecule has 2 heterocycles. The maximum absolute atomic E-state index is 12.1. The highest BCUT2D eigenvalue weighted by molar-refractivity contribution is 9.10. The zero-order chi connectivity index (χ0) is 20.2. The fraction of sp³-hybridized carbons (Fsp3) is 0.261. The molecule has 3 aromatic rings. The number of rotatable bonds is 6. The van der Waals surface area contributed by atoms with Gasteiger partial charge in [0.15, 0.2) is 0 Å². The predicted molar refractivity (Wildman–Crippen MR) is 120 cm³/mol. The van der Waals surface area contributed by atoms with Gasteiger partial charge in [-0.15, -0.1) is 0 Å². The van der Waals surface area contributed by atoms with Crippen molar-refractivity contribution in [3.05, 3.63) is 76.4 Å². The Labute approximate surface area is 178 Å². The molecule has 1 unspecified atom stereocenters. The average Bonchev–Trinajstić information content (AvgIpc) is 3.13. The van der Waals surface area contributed by atoms with E-state index in [0.29, 0.717) is 0 Å². The van der Waals surface area contributed by atoms with Gasteiger partial charge in [0, 0.05) is 59.9 Å². The van der Waals surface area contributed by atoms with E-state index >= 15 is 0 Å². The van der Waals surface area contributed by atoms with E-state index in [0.717, 1.165) is 53.7 Å². The summed E-state index contributed by atoms with van der Waals surface area (Å²) in [5, 5.41) is 10.9. The highest BCUT2D eigenvalue weighted by Crippen LogP contribution is 2.31. The van der Waals surface area contributed by atoms with Crippen LogP contribution in [-0.2, 0) is 4.79 Å². The molecule has 0 amide bonds. The molecular weight excluding hydrogens is 430 g/mol. The topological polar surface area (TPSA) is 59.6 Å². The second-order valence-corrected chi connectivity index (χ2v) is 8.24. The number of nitrogens with zero attached hydrogens (tertiary/aromatic N) is 2. The van der Waals surface area contributed by atoms with Crippen LogP contribution >= 0.6 is 15.9 Å². The zero-order valence-corrected chi connectivity index (χ0v) is 17.7. The van der Waals surface area contributed by atoms with Crippen molar-refractivity contribution in [1.82, 2.24) is 14.8 Å². The second kappa shape index (κ2) is 8.95. The second-order valence-electron chi connectivity index (χ2n) is 7.32. The van der Waals surface area contributed by atoms with Gasteiger partial charge in [0.25, 0.3) is 0 Å². The minimum Gasteiger partial charge on any atom is -0.480 e. The van der Waals surface area contributed by atoms with E-state index in [4.69, 9.17) is 0 Å². The maximum atomic E-state index is 12.1. The van der Waals surface area contributed by atoms with Crippen molar-refractivity contribution in [1.29, 1.82) is 0 Å². The number of carboxylic acid groups (broad SMARTS) is 1. The Morgan fingerprint density at radius 1 is 1.14 bits per heavy atom. The molecule has 2 N–H and O–H groups in total. The first-order valence-electron chi connectivity index (χ1n) is 9.79. The molecule has 2 aromatic carbocycles. The third-order valence-corrected chi connectivity index (χ3v) is 5.94. The Balaban J connectivity index is 1.42. The molecule has 0 bridgehead atoms. The smallest absolute Gasteiger partial charge is 0.325 e. The first-order valence-corrected chi connectivity index (χ1v) is 10.6. The minimum absolute atomic E-state index is 0.639. The number of carbonyl (C=O) groups is 1. The van der Waals surface area contributed by atoms with E-state index in [1.54, 1.807) is 0 Å². The van der Waals surface area contributed by atoms with Crippen LogP contribution in [0.15, 0.2) is 65.3 Å². The van der Waals surface area contributed by atoms with E-state index in [9.17, 15) is 9.90 Å². The van der Waals surface area contributed by atoms with Gasteiger partial charge in [0.2, 0.25) is 0 Å². The maximum Gasteiger partial charge on any atom is 0.325 e. The first kappa shape index (κ1) is 19.9. The van der Waals surface area contributed by atoms with E-state index in [-0.39, 0.29) is 0 Å². The molecule has 1 fully saturated rings. The highest BCUT2D eigenvalue weighted by atomic mass is 79.9. The Morgan fingerprint density at radius 3 is 2.62 bits per heavy atom. The molecule has 29 heavy (non-hydrogen) atoms. The van der Waals surface area contributed by atoms with Crippen molar-refractivity contribution in [3.63, 3.8) is 0 Å². The van der Waals surface area contributed by atoms with Crippen molar-refractivity contribution in [2.45, 2.75) is 6.04 Å². The highest BCUT2D eigenvalue weighted by Gasteiger charge is 2.31. The molecule has 4 rings (SSSR count). The predicted octanol–water partition coefficient (Wildman–Crippen LogP) is 4.39. The van der Waals surface area contributed by atoms with Crippen molar-refractivity contribution in [2.24, 2.45) is 0 Å². The molecule has 0 aliphatic carbocycles. The van der Waals surface area contributed by atoms with Gasteiger partial charge in [0.05, 0.1) is 0 Å². The van der Waals surface area contributed by atoms with Crippen molar-refractivity contribution in [3.8, 4) is 0 Å². The van der Waals surface area contributed by atoms with Crippen LogP contribution in [0, 0.1) is 0 Å². The first-order chi connectivity index (χ1) is 14.1. The third kappa shape index (κ3) is 4.61. The van der Waals surface area contributed by atoms with Gasteiger partial charge >= 0.3 is 5.97 Å². The number of nitrogens with one attached hydrogen (secondary N) is 1. The van der Waals surface area contributed by atoms with Gasteiger partial charge in [0.1, 0.15) is 6.04 Å². The molecule has 1 aromatic heterocycles. The van der Waals surface area contributed by atoms with Crippen LogP contribution in [0.2, 0.25) is 0 Å². The number of aromatic amines is 1. The summed E-state index contributed by atoms with van der Waals surface area (Å²) >= 11 is 3.49. The summed E-state index contributed by atoms with van der Waals surface area (Å²) in [7, 11) is 0. The lowest BCUT2D eigenvalue weighted by atomic mass is 10.0. The van der Waals surface area contributed by atoms with Gasteiger partial charge in [-0.05, 0) is 23.8 Å². The number of hydrogen-bond acceptors (Lipinski definition) is 3. The van der Waals surface area contributed by atoms with Crippen LogP contribution in [0.4, 0.5) is 0 Å². The summed E-state index contributed by atoms with van der Waals surface area (Å²) in [5.74, 6) is -0.803. The van der Waals surface area contributed by atoms with Crippen LogP contribution in [-0.4, -0.2) is 58.6 Å². The normalized spacial score (nSPS) is 17.1. The van der Waals surface area contributed by atoms with Crippen LogP contribution < -0.4 is 0 Å². The van der Waals surface area contributed by atoms with Gasteiger partial charge in [-0.25, -0.2) is 0 Å². The van der Waals surface area contributed by atoms with Gasteiger partial charge in [-0.1, -0.05) is 58.4 Å².